The molecular formula is C10H11NOS. The lowest BCUT2D eigenvalue weighted by atomic mass is 10.1. The summed E-state index contributed by atoms with van der Waals surface area (Å²) in [5.41, 5.74) is 1.13. The fourth-order valence-corrected chi connectivity index (χ4v) is 1.81. The Morgan fingerprint density at radius 2 is 2.00 bits per heavy atom. The normalized spacial score (nSPS) is 26.8. The number of nitrogens with zero attached hydrogens (tertiary/aromatic N) is 1. The number of benzene rings is 1. The van der Waals surface area contributed by atoms with Crippen LogP contribution in [0.3, 0.4) is 0 Å². The van der Waals surface area contributed by atoms with Crippen molar-refractivity contribution in [2.45, 2.75) is 18.4 Å². The third-order valence-electron chi connectivity index (χ3n) is 2.01. The second-order valence-corrected chi connectivity index (χ2v) is 3.54. The molecule has 0 amide bonds. The van der Waals surface area contributed by atoms with Gasteiger partial charge in [-0.05, 0) is 5.56 Å². The molecule has 0 spiro atoms. The number of thiol groups is 1. The minimum absolute atomic E-state index is 0.0236. The first-order chi connectivity index (χ1) is 6.27. The molecule has 2 rings (SSSR count). The van der Waals surface area contributed by atoms with Crippen molar-refractivity contribution in [1.29, 1.82) is 0 Å². The Balaban J connectivity index is 2.21. The van der Waals surface area contributed by atoms with Gasteiger partial charge < -0.3 is 4.74 Å². The summed E-state index contributed by atoms with van der Waals surface area (Å²) in [4.78, 5) is 4.21. The van der Waals surface area contributed by atoms with E-state index in [4.69, 9.17) is 4.74 Å². The minimum atomic E-state index is -0.0672. The summed E-state index contributed by atoms with van der Waals surface area (Å²) in [6.07, 6.45) is -0.0236. The zero-order valence-corrected chi connectivity index (χ0v) is 8.24. The van der Waals surface area contributed by atoms with Crippen LogP contribution in [0.4, 0.5) is 0 Å². The molecule has 3 heteroatoms. The lowest BCUT2D eigenvalue weighted by Crippen LogP contribution is -2.07. The zero-order valence-electron chi connectivity index (χ0n) is 7.34. The average Bonchev–Trinajstić information content (AvgIpc) is 2.47. The number of hydrogen-bond acceptors (Lipinski definition) is 3. The summed E-state index contributed by atoms with van der Waals surface area (Å²) >= 11 is 4.35. The van der Waals surface area contributed by atoms with Gasteiger partial charge in [-0.3, -0.25) is 0 Å². The Kier molecular flexibility index (Phi) is 2.27. The molecule has 1 aromatic carbocycles. The van der Waals surface area contributed by atoms with Crippen LogP contribution >= 0.6 is 12.6 Å². The quantitative estimate of drug-likeness (QED) is 0.680. The molecule has 0 bridgehead atoms. The van der Waals surface area contributed by atoms with Crippen LogP contribution in [0.1, 0.15) is 18.6 Å². The van der Waals surface area contributed by atoms with E-state index in [1.807, 2.05) is 37.3 Å². The lowest BCUT2D eigenvalue weighted by Gasteiger charge is -2.13. The SMILES string of the molecule is CC1=NC(S)C(c2ccccc2)O1. The molecule has 0 saturated carbocycles. The van der Waals surface area contributed by atoms with Crippen molar-refractivity contribution in [3.05, 3.63) is 35.9 Å². The highest BCUT2D eigenvalue weighted by Gasteiger charge is 2.27. The first-order valence-corrected chi connectivity index (χ1v) is 4.73. The van der Waals surface area contributed by atoms with Crippen LogP contribution in [0.15, 0.2) is 35.3 Å². The second kappa shape index (κ2) is 3.42. The highest BCUT2D eigenvalue weighted by atomic mass is 32.1. The largest absolute Gasteiger partial charge is 0.470 e. The van der Waals surface area contributed by atoms with Crippen LogP contribution in [0.2, 0.25) is 0 Å². The molecule has 0 aromatic heterocycles. The van der Waals surface area contributed by atoms with Gasteiger partial charge in [0.05, 0.1) is 0 Å². The first-order valence-electron chi connectivity index (χ1n) is 4.21. The molecule has 68 valence electrons. The van der Waals surface area contributed by atoms with Gasteiger partial charge in [0.2, 0.25) is 0 Å². The molecule has 13 heavy (non-hydrogen) atoms. The van der Waals surface area contributed by atoms with E-state index in [0.29, 0.717) is 5.90 Å². The highest BCUT2D eigenvalue weighted by molar-refractivity contribution is 7.81. The average molecular weight is 193 g/mol. The van der Waals surface area contributed by atoms with Gasteiger partial charge in [0.25, 0.3) is 0 Å². The van der Waals surface area contributed by atoms with E-state index >= 15 is 0 Å². The maximum Gasteiger partial charge on any atom is 0.182 e. The molecule has 0 N–H and O–H groups in total. The van der Waals surface area contributed by atoms with Gasteiger partial charge in [0.1, 0.15) is 5.37 Å². The Bertz CT molecular complexity index is 323. The van der Waals surface area contributed by atoms with Crippen LogP contribution < -0.4 is 0 Å². The van der Waals surface area contributed by atoms with Gasteiger partial charge >= 0.3 is 0 Å². The van der Waals surface area contributed by atoms with Gasteiger partial charge in [0, 0.05) is 6.92 Å². The fourth-order valence-electron chi connectivity index (χ4n) is 1.41. The van der Waals surface area contributed by atoms with Crippen LogP contribution in [0, 0.1) is 0 Å². The Morgan fingerprint density at radius 3 is 2.54 bits per heavy atom. The highest BCUT2D eigenvalue weighted by Crippen LogP contribution is 2.30. The summed E-state index contributed by atoms with van der Waals surface area (Å²) < 4.78 is 5.53. The van der Waals surface area contributed by atoms with E-state index in [-0.39, 0.29) is 11.5 Å². The van der Waals surface area contributed by atoms with Gasteiger partial charge in [-0.2, -0.15) is 0 Å². The van der Waals surface area contributed by atoms with Crippen molar-refractivity contribution >= 4 is 18.5 Å². The van der Waals surface area contributed by atoms with Crippen LogP contribution in [0.5, 0.6) is 0 Å². The molecule has 2 unspecified atom stereocenters. The molecule has 0 radical (unpaired) electrons. The lowest BCUT2D eigenvalue weighted by molar-refractivity contribution is 0.220. The number of hydrogen-bond donors (Lipinski definition) is 1. The zero-order chi connectivity index (χ0) is 9.26. The molecule has 2 atom stereocenters. The van der Waals surface area contributed by atoms with E-state index in [1.165, 1.54) is 0 Å². The molecule has 1 aliphatic rings. The van der Waals surface area contributed by atoms with Crippen molar-refractivity contribution < 1.29 is 4.74 Å². The summed E-state index contributed by atoms with van der Waals surface area (Å²) in [7, 11) is 0. The van der Waals surface area contributed by atoms with Crippen LogP contribution in [-0.4, -0.2) is 11.3 Å². The van der Waals surface area contributed by atoms with E-state index in [9.17, 15) is 0 Å². The van der Waals surface area contributed by atoms with Gasteiger partial charge in [-0.25, -0.2) is 4.99 Å². The van der Waals surface area contributed by atoms with Crippen LogP contribution in [0.25, 0.3) is 0 Å². The number of aliphatic imine (C=N–C) groups is 1. The molecule has 0 fully saturated rings. The van der Waals surface area contributed by atoms with Crippen LogP contribution in [-0.2, 0) is 4.74 Å². The third kappa shape index (κ3) is 1.70. The molecule has 1 aromatic rings. The van der Waals surface area contributed by atoms with Crippen molar-refractivity contribution in [3.63, 3.8) is 0 Å². The van der Waals surface area contributed by atoms with Crippen molar-refractivity contribution in [2.75, 3.05) is 0 Å². The predicted molar refractivity (Wildman–Crippen MR) is 56.2 cm³/mol. The van der Waals surface area contributed by atoms with E-state index < -0.39 is 0 Å². The molecule has 2 nitrogen and oxygen atoms in total. The van der Waals surface area contributed by atoms with E-state index in [1.54, 1.807) is 0 Å². The Hall–Kier alpha value is -0.960. The molecule has 1 heterocycles. The topological polar surface area (TPSA) is 21.6 Å². The molecule has 0 aliphatic carbocycles. The first kappa shape index (κ1) is 8.63. The summed E-state index contributed by atoms with van der Waals surface area (Å²) in [5, 5.41) is -0.0672. The monoisotopic (exact) mass is 193 g/mol. The third-order valence-corrected chi connectivity index (χ3v) is 2.40. The van der Waals surface area contributed by atoms with E-state index in [2.05, 4.69) is 17.6 Å². The van der Waals surface area contributed by atoms with E-state index in [0.717, 1.165) is 5.56 Å². The van der Waals surface area contributed by atoms with Crippen molar-refractivity contribution in [3.8, 4) is 0 Å². The number of rotatable bonds is 1. The molecule has 1 aliphatic heterocycles. The molecule has 0 saturated heterocycles. The molecular weight excluding hydrogens is 182 g/mol. The maximum atomic E-state index is 5.53. The standard InChI is InChI=1S/C10H11NOS/c1-7-11-10(13)9(12-7)8-5-3-2-4-6-8/h2-6,9-10,13H,1H3. The van der Waals surface area contributed by atoms with Crippen molar-refractivity contribution in [2.24, 2.45) is 4.99 Å². The fraction of sp³-hybridized carbons (Fsp3) is 0.300. The maximum absolute atomic E-state index is 5.53. The summed E-state index contributed by atoms with van der Waals surface area (Å²) in [6.45, 7) is 1.85. The Labute approximate surface area is 83.0 Å². The van der Waals surface area contributed by atoms with Gasteiger partial charge in [0.15, 0.2) is 12.0 Å². The predicted octanol–water partition coefficient (Wildman–Crippen LogP) is 2.43. The number of ether oxygens (including phenoxy) is 1. The summed E-state index contributed by atoms with van der Waals surface area (Å²) in [6, 6.07) is 10.0. The smallest absolute Gasteiger partial charge is 0.182 e. The van der Waals surface area contributed by atoms with Crippen molar-refractivity contribution in [1.82, 2.24) is 0 Å². The van der Waals surface area contributed by atoms with Gasteiger partial charge in [-0.1, -0.05) is 30.3 Å². The van der Waals surface area contributed by atoms with Gasteiger partial charge in [-0.15, -0.1) is 12.6 Å². The second-order valence-electron chi connectivity index (χ2n) is 3.01. The minimum Gasteiger partial charge on any atom is -0.470 e. The summed E-state index contributed by atoms with van der Waals surface area (Å²) in [5.74, 6) is 0.717. The Morgan fingerprint density at radius 1 is 1.31 bits per heavy atom.